The van der Waals surface area contributed by atoms with Crippen LogP contribution in [0.5, 0.6) is 0 Å². The Labute approximate surface area is 222 Å². The Morgan fingerprint density at radius 1 is 0.947 bits per heavy atom. The number of imidazole rings is 1. The van der Waals surface area contributed by atoms with Crippen LogP contribution >= 0.6 is 0 Å². The Kier molecular flexibility index (Phi) is 7.73. The molecule has 1 fully saturated rings. The average Bonchev–Trinajstić information content (AvgIpc) is 3.67. The van der Waals surface area contributed by atoms with Gasteiger partial charge in [0, 0.05) is 62.9 Å². The molecular formula is C29H32N6O3. The van der Waals surface area contributed by atoms with Gasteiger partial charge in [-0.25, -0.2) is 4.98 Å². The fourth-order valence-electron chi connectivity index (χ4n) is 4.74. The van der Waals surface area contributed by atoms with Crippen LogP contribution < -0.4 is 20.4 Å². The van der Waals surface area contributed by atoms with Gasteiger partial charge in [0.05, 0.1) is 24.0 Å². The van der Waals surface area contributed by atoms with Gasteiger partial charge in [-0.15, -0.1) is 0 Å². The van der Waals surface area contributed by atoms with Crippen molar-refractivity contribution in [1.82, 2.24) is 14.9 Å². The molecule has 0 saturated carbocycles. The molecule has 1 saturated heterocycles. The molecule has 4 aromatic rings. The number of carbonyl (C=O) groups is 2. The second kappa shape index (κ2) is 11.7. The van der Waals surface area contributed by atoms with Gasteiger partial charge in [0.25, 0.3) is 11.8 Å². The number of anilines is 3. The van der Waals surface area contributed by atoms with Crippen LogP contribution in [0.15, 0.2) is 84.0 Å². The lowest BCUT2D eigenvalue weighted by atomic mass is 10.1. The normalized spacial score (nSPS) is 13.4. The highest BCUT2D eigenvalue weighted by molar-refractivity contribution is 6.05. The maximum atomic E-state index is 12.9. The molecule has 0 unspecified atom stereocenters. The summed E-state index contributed by atoms with van der Waals surface area (Å²) in [5.74, 6) is -0.317. The summed E-state index contributed by atoms with van der Waals surface area (Å²) in [6.07, 6.45) is 7.65. The van der Waals surface area contributed by atoms with Crippen molar-refractivity contribution in [1.29, 1.82) is 0 Å². The third kappa shape index (κ3) is 5.88. The molecule has 196 valence electrons. The Bertz CT molecular complexity index is 1360. The van der Waals surface area contributed by atoms with Crippen LogP contribution in [0.25, 0.3) is 0 Å². The van der Waals surface area contributed by atoms with Gasteiger partial charge in [-0.05, 0) is 55.3 Å². The number of aromatic nitrogens is 2. The van der Waals surface area contributed by atoms with E-state index in [-0.39, 0.29) is 17.6 Å². The summed E-state index contributed by atoms with van der Waals surface area (Å²) in [5.41, 5.74) is 4.46. The number of aryl methyl sites for hydroxylation is 2. The predicted octanol–water partition coefficient (Wildman–Crippen LogP) is 4.18. The van der Waals surface area contributed by atoms with E-state index >= 15 is 0 Å². The molecule has 38 heavy (non-hydrogen) atoms. The summed E-state index contributed by atoms with van der Waals surface area (Å²) in [5, 5.41) is 5.94. The standard InChI is InChI=1S/C29H32N6O3/c1-22-6-2-3-7-25(22)34-15-17-35(18-16-34)26-10-9-23(20-24(26)32-29(37)27-8-4-19-38-27)28(36)31-11-5-13-33-14-12-30-21-33/h2-4,6-10,12,14,19-21H,5,11,13,15-18H2,1H3,(H,31,36)(H,32,37). The number of rotatable bonds is 9. The average molecular weight is 513 g/mol. The number of piperazine rings is 1. The first-order chi connectivity index (χ1) is 18.6. The second-order valence-corrected chi connectivity index (χ2v) is 9.33. The smallest absolute Gasteiger partial charge is 0.291 e. The zero-order valence-corrected chi connectivity index (χ0v) is 21.5. The molecule has 2 N–H and O–H groups in total. The zero-order valence-electron chi connectivity index (χ0n) is 21.5. The molecule has 3 heterocycles. The van der Waals surface area contributed by atoms with Gasteiger partial charge in [0.1, 0.15) is 0 Å². The Hall–Kier alpha value is -4.53. The maximum absolute atomic E-state index is 12.9. The number of para-hydroxylation sites is 1. The lowest BCUT2D eigenvalue weighted by Crippen LogP contribution is -2.47. The Morgan fingerprint density at radius 2 is 1.74 bits per heavy atom. The predicted molar refractivity (Wildman–Crippen MR) is 148 cm³/mol. The number of benzene rings is 2. The molecule has 0 aliphatic carbocycles. The third-order valence-electron chi connectivity index (χ3n) is 6.77. The number of nitrogens with zero attached hydrogens (tertiary/aromatic N) is 4. The molecule has 5 rings (SSSR count). The van der Waals surface area contributed by atoms with Crippen LogP contribution in [0, 0.1) is 6.92 Å². The number of amides is 2. The van der Waals surface area contributed by atoms with Crippen molar-refractivity contribution < 1.29 is 14.0 Å². The summed E-state index contributed by atoms with van der Waals surface area (Å²) >= 11 is 0. The van der Waals surface area contributed by atoms with Crippen molar-refractivity contribution in [3.05, 3.63) is 96.5 Å². The van der Waals surface area contributed by atoms with E-state index in [9.17, 15) is 9.59 Å². The first-order valence-electron chi connectivity index (χ1n) is 12.9. The Morgan fingerprint density at radius 3 is 2.45 bits per heavy atom. The van der Waals surface area contributed by atoms with Gasteiger partial charge in [-0.1, -0.05) is 18.2 Å². The van der Waals surface area contributed by atoms with Crippen LogP contribution in [-0.4, -0.2) is 54.1 Å². The van der Waals surface area contributed by atoms with E-state index in [0.29, 0.717) is 17.8 Å². The van der Waals surface area contributed by atoms with E-state index in [0.717, 1.165) is 44.8 Å². The first kappa shape index (κ1) is 25.1. The van der Waals surface area contributed by atoms with Gasteiger partial charge >= 0.3 is 0 Å². The summed E-state index contributed by atoms with van der Waals surface area (Å²) in [4.78, 5) is 34.4. The molecule has 9 nitrogen and oxygen atoms in total. The number of hydrogen-bond donors (Lipinski definition) is 2. The molecule has 2 aromatic carbocycles. The summed E-state index contributed by atoms with van der Waals surface area (Å²) < 4.78 is 7.26. The van der Waals surface area contributed by atoms with Gasteiger partial charge in [-0.2, -0.15) is 0 Å². The molecule has 0 bridgehead atoms. The lowest BCUT2D eigenvalue weighted by Gasteiger charge is -2.38. The largest absolute Gasteiger partial charge is 0.459 e. The van der Waals surface area contributed by atoms with Crippen LogP contribution in [0.1, 0.15) is 32.9 Å². The fraction of sp³-hybridized carbons (Fsp3) is 0.276. The van der Waals surface area contributed by atoms with Gasteiger partial charge in [0.15, 0.2) is 5.76 Å². The molecule has 1 aliphatic heterocycles. The van der Waals surface area contributed by atoms with Gasteiger partial charge in [-0.3, -0.25) is 9.59 Å². The van der Waals surface area contributed by atoms with Crippen LogP contribution in [0.3, 0.4) is 0 Å². The first-order valence-corrected chi connectivity index (χ1v) is 12.9. The lowest BCUT2D eigenvalue weighted by molar-refractivity contribution is 0.0950. The minimum Gasteiger partial charge on any atom is -0.459 e. The second-order valence-electron chi connectivity index (χ2n) is 9.33. The molecule has 0 atom stereocenters. The van der Waals surface area contributed by atoms with Crippen LogP contribution in [0.2, 0.25) is 0 Å². The number of nitrogens with one attached hydrogen (secondary N) is 2. The molecule has 9 heteroatoms. The van der Waals surface area contributed by atoms with Crippen LogP contribution in [0.4, 0.5) is 17.1 Å². The minimum atomic E-state index is -0.354. The van der Waals surface area contributed by atoms with Crippen molar-refractivity contribution in [2.75, 3.05) is 47.8 Å². The molecule has 0 radical (unpaired) electrons. The molecule has 2 aromatic heterocycles. The van der Waals surface area contributed by atoms with E-state index in [2.05, 4.69) is 56.6 Å². The highest BCUT2D eigenvalue weighted by Crippen LogP contribution is 2.30. The SMILES string of the molecule is Cc1ccccc1N1CCN(c2ccc(C(=O)NCCCn3ccnc3)cc2NC(=O)c2ccco2)CC1. The monoisotopic (exact) mass is 512 g/mol. The highest BCUT2D eigenvalue weighted by Gasteiger charge is 2.23. The number of carbonyl (C=O) groups excluding carboxylic acids is 2. The van der Waals surface area contributed by atoms with E-state index in [1.54, 1.807) is 30.7 Å². The van der Waals surface area contributed by atoms with Gasteiger partial charge in [0.2, 0.25) is 0 Å². The minimum absolute atomic E-state index is 0.181. The topological polar surface area (TPSA) is 95.6 Å². The number of furan rings is 1. The van der Waals surface area contributed by atoms with Crippen molar-refractivity contribution in [2.45, 2.75) is 19.9 Å². The van der Waals surface area contributed by atoms with Crippen LogP contribution in [-0.2, 0) is 6.54 Å². The number of hydrogen-bond acceptors (Lipinski definition) is 6. The molecule has 2 amide bonds. The summed E-state index contributed by atoms with van der Waals surface area (Å²) in [7, 11) is 0. The van der Waals surface area contributed by atoms with Crippen molar-refractivity contribution in [3.63, 3.8) is 0 Å². The van der Waals surface area contributed by atoms with Crippen molar-refractivity contribution in [2.24, 2.45) is 0 Å². The highest BCUT2D eigenvalue weighted by atomic mass is 16.3. The fourth-order valence-corrected chi connectivity index (χ4v) is 4.74. The van der Waals surface area contributed by atoms with Crippen molar-refractivity contribution >= 4 is 28.9 Å². The van der Waals surface area contributed by atoms with E-state index in [4.69, 9.17) is 4.42 Å². The van der Waals surface area contributed by atoms with E-state index in [1.165, 1.54) is 17.5 Å². The van der Waals surface area contributed by atoms with E-state index < -0.39 is 0 Å². The molecule has 0 spiro atoms. The maximum Gasteiger partial charge on any atom is 0.291 e. The summed E-state index contributed by atoms with van der Waals surface area (Å²) in [6.45, 7) is 6.73. The quantitative estimate of drug-likeness (QED) is 0.327. The molecular weight excluding hydrogens is 480 g/mol. The van der Waals surface area contributed by atoms with Gasteiger partial charge < -0.3 is 29.4 Å². The third-order valence-corrected chi connectivity index (χ3v) is 6.77. The zero-order chi connectivity index (χ0) is 26.3. The van der Waals surface area contributed by atoms with E-state index in [1.807, 2.05) is 22.9 Å². The summed E-state index contributed by atoms with van der Waals surface area (Å²) in [6, 6.07) is 17.2. The Balaban J connectivity index is 1.29. The molecule has 1 aliphatic rings. The van der Waals surface area contributed by atoms with Crippen molar-refractivity contribution in [3.8, 4) is 0 Å².